The zero-order valence-electron chi connectivity index (χ0n) is 17.4. The average molecular weight is 441 g/mol. The molecule has 3 aliphatic rings. The number of carbonyl (C=O) groups is 2. The number of nitrogens with one attached hydrogen (secondary N) is 1. The van der Waals surface area contributed by atoms with Crippen molar-refractivity contribution in [3.05, 3.63) is 34.9 Å². The van der Waals surface area contributed by atoms with Gasteiger partial charge >= 0.3 is 12.2 Å². The van der Waals surface area contributed by atoms with Crippen LogP contribution in [0.4, 0.5) is 18.0 Å². The quantitative estimate of drug-likeness (QED) is 0.782. The molecule has 0 saturated carbocycles. The van der Waals surface area contributed by atoms with Crippen LogP contribution in [-0.2, 0) is 27.1 Å². The highest BCUT2D eigenvalue weighted by Crippen LogP contribution is 2.33. The van der Waals surface area contributed by atoms with Crippen LogP contribution >= 0.6 is 0 Å². The van der Waals surface area contributed by atoms with Crippen LogP contribution in [0.1, 0.15) is 30.0 Å². The molecule has 4 rings (SSSR count). The van der Waals surface area contributed by atoms with Crippen molar-refractivity contribution in [2.75, 3.05) is 26.2 Å². The molecule has 10 heteroatoms. The Balaban J connectivity index is 1.30. The number of benzene rings is 1. The second-order valence-electron chi connectivity index (χ2n) is 8.37. The second-order valence-corrected chi connectivity index (χ2v) is 8.37. The van der Waals surface area contributed by atoms with Crippen molar-refractivity contribution in [1.29, 1.82) is 0 Å². The molecule has 170 valence electrons. The van der Waals surface area contributed by atoms with E-state index >= 15 is 0 Å². The first-order valence-electron chi connectivity index (χ1n) is 10.4. The molecule has 0 radical (unpaired) electrons. The number of likely N-dealkylation sites (tertiary alicyclic amines) is 2. The predicted octanol–water partition coefficient (Wildman–Crippen LogP) is 2.31. The number of halogens is 3. The van der Waals surface area contributed by atoms with Gasteiger partial charge in [0, 0.05) is 13.1 Å². The molecule has 1 N–H and O–H groups in total. The largest absolute Gasteiger partial charge is 0.416 e. The lowest BCUT2D eigenvalue weighted by atomic mass is 9.98. The topological polar surface area (TPSA) is 71.1 Å². The fraction of sp³-hybridized carbons (Fsp3) is 0.619. The Morgan fingerprint density at radius 2 is 2.10 bits per heavy atom. The van der Waals surface area contributed by atoms with E-state index in [-0.39, 0.29) is 55.0 Å². The highest BCUT2D eigenvalue weighted by Gasteiger charge is 2.44. The standard InChI is InChI=1S/C21H26F3N3O4/c1-12-14(4-3-5-15(12)21(22,23)24)10-30-18-9-27(13(18)2)20(29)26-7-6-17-16(8-26)25-19(28)11-31-17/h3-5,13,16-18H,6-11H2,1-2H3,(H,25,28). The minimum absolute atomic E-state index is 0.0582. The van der Waals surface area contributed by atoms with Crippen LogP contribution in [0.25, 0.3) is 0 Å². The van der Waals surface area contributed by atoms with Gasteiger partial charge in [0.1, 0.15) is 6.61 Å². The van der Waals surface area contributed by atoms with E-state index < -0.39 is 11.7 Å². The number of rotatable bonds is 3. The fourth-order valence-corrected chi connectivity index (χ4v) is 4.42. The van der Waals surface area contributed by atoms with Gasteiger partial charge in [-0.05, 0) is 37.5 Å². The number of carbonyl (C=O) groups excluding carboxylic acids is 2. The summed E-state index contributed by atoms with van der Waals surface area (Å²) in [6.07, 6.45) is -4.05. The number of amides is 3. The molecule has 1 aromatic carbocycles. The molecule has 1 aromatic rings. The van der Waals surface area contributed by atoms with Crippen LogP contribution in [0.2, 0.25) is 0 Å². The van der Waals surface area contributed by atoms with E-state index in [1.807, 2.05) is 6.92 Å². The van der Waals surface area contributed by atoms with Crippen molar-refractivity contribution in [1.82, 2.24) is 15.1 Å². The zero-order chi connectivity index (χ0) is 22.3. The third-order valence-electron chi connectivity index (χ3n) is 6.45. The molecule has 3 heterocycles. The van der Waals surface area contributed by atoms with E-state index in [1.54, 1.807) is 15.9 Å². The van der Waals surface area contributed by atoms with Gasteiger partial charge in [-0.25, -0.2) is 4.79 Å². The molecule has 3 aliphatic heterocycles. The van der Waals surface area contributed by atoms with Crippen LogP contribution < -0.4 is 5.32 Å². The maximum atomic E-state index is 13.1. The van der Waals surface area contributed by atoms with E-state index in [0.717, 1.165) is 6.07 Å². The monoisotopic (exact) mass is 441 g/mol. The number of hydrogen-bond donors (Lipinski definition) is 1. The van der Waals surface area contributed by atoms with Crippen molar-refractivity contribution in [3.63, 3.8) is 0 Å². The molecule has 0 spiro atoms. The number of fused-ring (bicyclic) bond motifs is 1. The summed E-state index contributed by atoms with van der Waals surface area (Å²) < 4.78 is 50.6. The van der Waals surface area contributed by atoms with Gasteiger partial charge in [0.15, 0.2) is 0 Å². The summed E-state index contributed by atoms with van der Waals surface area (Å²) in [5, 5.41) is 2.88. The number of hydrogen-bond acceptors (Lipinski definition) is 4. The lowest BCUT2D eigenvalue weighted by Crippen LogP contribution is -2.67. The van der Waals surface area contributed by atoms with Crippen molar-refractivity contribution in [2.45, 2.75) is 57.3 Å². The molecule has 0 aromatic heterocycles. The van der Waals surface area contributed by atoms with Gasteiger partial charge in [0.05, 0.1) is 43.0 Å². The normalized spacial score (nSPS) is 28.6. The van der Waals surface area contributed by atoms with Crippen molar-refractivity contribution < 1.29 is 32.2 Å². The molecule has 31 heavy (non-hydrogen) atoms. The van der Waals surface area contributed by atoms with Crippen molar-refractivity contribution in [3.8, 4) is 0 Å². The second kappa shape index (κ2) is 8.31. The summed E-state index contributed by atoms with van der Waals surface area (Å²) in [6, 6.07) is 3.56. The Hall–Kier alpha value is -2.33. The number of urea groups is 1. The molecule has 3 amide bonds. The Kier molecular flexibility index (Phi) is 5.87. The number of morpholine rings is 1. The van der Waals surface area contributed by atoms with Gasteiger partial charge in [0.2, 0.25) is 5.91 Å². The minimum Gasteiger partial charge on any atom is -0.370 e. The van der Waals surface area contributed by atoms with E-state index in [2.05, 4.69) is 5.32 Å². The average Bonchev–Trinajstić information content (AvgIpc) is 2.72. The van der Waals surface area contributed by atoms with Gasteiger partial charge in [-0.3, -0.25) is 4.79 Å². The van der Waals surface area contributed by atoms with E-state index in [9.17, 15) is 22.8 Å². The zero-order valence-corrected chi connectivity index (χ0v) is 17.4. The fourth-order valence-electron chi connectivity index (χ4n) is 4.42. The first kappa shape index (κ1) is 21.9. The first-order valence-corrected chi connectivity index (χ1v) is 10.4. The molecular formula is C21H26F3N3O4. The van der Waals surface area contributed by atoms with Gasteiger partial charge in [0.25, 0.3) is 0 Å². The van der Waals surface area contributed by atoms with Crippen LogP contribution in [-0.4, -0.2) is 72.3 Å². The van der Waals surface area contributed by atoms with Gasteiger partial charge in [-0.15, -0.1) is 0 Å². The van der Waals surface area contributed by atoms with Crippen LogP contribution in [0.3, 0.4) is 0 Å². The smallest absolute Gasteiger partial charge is 0.370 e. The summed E-state index contributed by atoms with van der Waals surface area (Å²) in [6.45, 7) is 4.75. The third-order valence-corrected chi connectivity index (χ3v) is 6.45. The number of ether oxygens (including phenoxy) is 2. The molecule has 0 aliphatic carbocycles. The summed E-state index contributed by atoms with van der Waals surface area (Å²) in [4.78, 5) is 27.8. The van der Waals surface area contributed by atoms with Crippen molar-refractivity contribution >= 4 is 11.9 Å². The molecule has 3 saturated heterocycles. The maximum absolute atomic E-state index is 13.1. The Morgan fingerprint density at radius 3 is 2.81 bits per heavy atom. The third kappa shape index (κ3) is 4.36. The number of piperidine rings is 1. The molecule has 4 atom stereocenters. The summed E-state index contributed by atoms with van der Waals surface area (Å²) in [5.41, 5.74) is -0.00862. The van der Waals surface area contributed by atoms with Crippen LogP contribution in [0.5, 0.6) is 0 Å². The van der Waals surface area contributed by atoms with Crippen LogP contribution in [0, 0.1) is 6.92 Å². The Bertz CT molecular complexity index is 863. The van der Waals surface area contributed by atoms with E-state index in [1.165, 1.54) is 13.0 Å². The lowest BCUT2D eigenvalue weighted by Gasteiger charge is -2.49. The summed E-state index contributed by atoms with van der Waals surface area (Å²) in [5.74, 6) is -0.175. The highest BCUT2D eigenvalue weighted by atomic mass is 19.4. The van der Waals surface area contributed by atoms with Gasteiger partial charge < -0.3 is 24.6 Å². The predicted molar refractivity (Wildman–Crippen MR) is 104 cm³/mol. The molecule has 4 unspecified atom stereocenters. The molecule has 7 nitrogen and oxygen atoms in total. The van der Waals surface area contributed by atoms with Gasteiger partial charge in [-0.2, -0.15) is 13.2 Å². The first-order chi connectivity index (χ1) is 14.6. The van der Waals surface area contributed by atoms with E-state index in [4.69, 9.17) is 9.47 Å². The lowest BCUT2D eigenvalue weighted by molar-refractivity contribution is -0.140. The highest BCUT2D eigenvalue weighted by molar-refractivity contribution is 5.79. The van der Waals surface area contributed by atoms with E-state index in [0.29, 0.717) is 31.6 Å². The summed E-state index contributed by atoms with van der Waals surface area (Å²) >= 11 is 0. The number of alkyl halides is 3. The molecular weight excluding hydrogens is 415 g/mol. The number of nitrogens with zero attached hydrogens (tertiary/aromatic N) is 2. The maximum Gasteiger partial charge on any atom is 0.416 e. The van der Waals surface area contributed by atoms with Crippen LogP contribution in [0.15, 0.2) is 18.2 Å². The van der Waals surface area contributed by atoms with Crippen molar-refractivity contribution in [2.24, 2.45) is 0 Å². The minimum atomic E-state index is -4.40. The molecule has 3 fully saturated rings. The van der Waals surface area contributed by atoms with Gasteiger partial charge in [-0.1, -0.05) is 12.1 Å². The Labute approximate surface area is 178 Å². The SMILES string of the molecule is Cc1c(COC2CN(C(=O)N3CCC4OCC(=O)NC4C3)C2C)cccc1C(F)(F)F. The summed E-state index contributed by atoms with van der Waals surface area (Å²) in [7, 11) is 0. The Morgan fingerprint density at radius 1 is 1.32 bits per heavy atom. The molecule has 0 bridgehead atoms.